The summed E-state index contributed by atoms with van der Waals surface area (Å²) < 4.78 is 0. The molecular formula is C44H26Cl4GeN4O2-4. The molecule has 7 aromatic rings. The van der Waals surface area contributed by atoms with E-state index in [1.54, 1.807) is 0 Å². The van der Waals surface area contributed by atoms with E-state index in [1.807, 2.05) is 146 Å². The Balaban J connectivity index is 0.00000171. The molecule has 0 saturated carbocycles. The molecule has 4 radical (unpaired) electrons. The van der Waals surface area contributed by atoms with E-state index >= 15 is 0 Å². The predicted octanol–water partition coefficient (Wildman–Crippen LogP) is 12.5. The van der Waals surface area contributed by atoms with Gasteiger partial charge in [0.1, 0.15) is 0 Å². The van der Waals surface area contributed by atoms with E-state index in [1.165, 1.54) is 0 Å². The second-order valence-corrected chi connectivity index (χ2v) is 14.1. The van der Waals surface area contributed by atoms with Gasteiger partial charge in [-0.1, -0.05) is 119 Å². The smallest absolute Gasteiger partial charge is 0.0704 e. The summed E-state index contributed by atoms with van der Waals surface area (Å²) in [5.74, 6) is 0. The first-order valence-electron chi connectivity index (χ1n) is 16.5. The Kier molecular flexibility index (Phi) is 11.9. The van der Waals surface area contributed by atoms with E-state index in [0.717, 1.165) is 89.4 Å². The van der Waals surface area contributed by atoms with Gasteiger partial charge in [0.05, 0.1) is 22.8 Å². The van der Waals surface area contributed by atoms with Crippen LogP contribution < -0.4 is 9.97 Å². The number of benzene rings is 4. The van der Waals surface area contributed by atoms with E-state index in [4.69, 9.17) is 66.3 Å². The minimum atomic E-state index is 0. The van der Waals surface area contributed by atoms with Crippen molar-refractivity contribution in [3.05, 3.63) is 164 Å². The van der Waals surface area contributed by atoms with Crippen LogP contribution >= 0.6 is 46.4 Å². The van der Waals surface area contributed by atoms with Gasteiger partial charge in [-0.2, -0.15) is 0 Å². The molecule has 2 N–H and O–H groups in total. The quantitative estimate of drug-likeness (QED) is 0.163. The van der Waals surface area contributed by atoms with E-state index in [2.05, 4.69) is 0 Å². The number of rotatable bonds is 4. The zero-order valence-electron chi connectivity index (χ0n) is 28.6. The van der Waals surface area contributed by atoms with E-state index in [0.29, 0.717) is 20.1 Å². The summed E-state index contributed by atoms with van der Waals surface area (Å²) in [6.45, 7) is 0. The SMILES string of the molecule is Clc1ccc(-c2c3nc(c(-c4ccc(Cl)cc4)c4ccc([n-]4)c(-c4ccc(Cl)cc4)c4nc(c(-c5ccc(Cl)cc5)c5ccc2[n-]5)C=C4)C=C3)cc1.[Ge].[OH-].[OH-]. The summed E-state index contributed by atoms with van der Waals surface area (Å²) in [5, 5.41) is 2.58. The number of nitrogens with zero attached hydrogens (tertiary/aromatic N) is 4. The van der Waals surface area contributed by atoms with Crippen LogP contribution in [0, 0.1) is 0 Å². The Labute approximate surface area is 347 Å². The van der Waals surface area contributed by atoms with Gasteiger partial charge in [0.25, 0.3) is 0 Å². The Bertz CT molecular complexity index is 2390. The third-order valence-corrected chi connectivity index (χ3v) is 10.1. The van der Waals surface area contributed by atoms with E-state index in [-0.39, 0.29) is 28.5 Å². The van der Waals surface area contributed by atoms with Crippen molar-refractivity contribution in [3.8, 4) is 44.5 Å². The Morgan fingerprint density at radius 1 is 0.309 bits per heavy atom. The fraction of sp³-hybridized carbons (Fsp3) is 0. The first-order valence-corrected chi connectivity index (χ1v) is 18.0. The third kappa shape index (κ3) is 7.68. The van der Waals surface area contributed by atoms with Crippen LogP contribution in [0.1, 0.15) is 22.8 Å². The van der Waals surface area contributed by atoms with Crippen LogP contribution in [-0.4, -0.2) is 38.5 Å². The van der Waals surface area contributed by atoms with Crippen LogP contribution in [0.25, 0.3) is 90.9 Å². The standard InChI is InChI=1S/C44H24Cl4N4.Ge.2H2O/c45-29-9-1-25(2-10-29)41-33-17-19-35(49-33)42(26-3-11-30(46)12-4-26)37-21-23-39(51-37)44(28-7-15-32(48)16-8-28)40-24-22-38(52-40)43(36-20-18-34(41)50-36)27-5-13-31(47)14-6-27;;;/h1-24H;;2*1H2/q-2;;;/p-2. The summed E-state index contributed by atoms with van der Waals surface area (Å²) in [4.78, 5) is 21.1. The summed E-state index contributed by atoms with van der Waals surface area (Å²) >= 11 is 25.4. The molecule has 11 heteroatoms. The number of hydrogen-bond acceptors (Lipinski definition) is 4. The molecule has 0 spiro atoms. The first kappa shape index (κ1) is 39.8. The average Bonchev–Trinajstić information content (AvgIpc) is 3.99. The van der Waals surface area contributed by atoms with Gasteiger partial charge in [-0.3, -0.25) is 0 Å². The van der Waals surface area contributed by atoms with Crippen molar-refractivity contribution < 1.29 is 11.0 Å². The second-order valence-electron chi connectivity index (χ2n) is 12.4. The van der Waals surface area contributed by atoms with Crippen LogP contribution in [0.5, 0.6) is 0 Å². The van der Waals surface area contributed by atoms with Crippen molar-refractivity contribution in [1.29, 1.82) is 0 Å². The molecule has 2 aliphatic rings. The molecular weight excluding hydrogens is 831 g/mol. The molecule has 55 heavy (non-hydrogen) atoms. The van der Waals surface area contributed by atoms with Gasteiger partial charge in [-0.05, 0) is 117 Å². The third-order valence-electron chi connectivity index (χ3n) is 9.14. The van der Waals surface area contributed by atoms with Crippen molar-refractivity contribution >= 4 is 110 Å². The molecule has 9 rings (SSSR count). The summed E-state index contributed by atoms with van der Waals surface area (Å²) in [6, 6.07) is 39.2. The van der Waals surface area contributed by atoms with Crippen LogP contribution in [0.15, 0.2) is 121 Å². The zero-order valence-corrected chi connectivity index (χ0v) is 33.7. The van der Waals surface area contributed by atoms with Crippen molar-refractivity contribution in [2.24, 2.45) is 0 Å². The molecule has 0 aliphatic carbocycles. The minimum Gasteiger partial charge on any atom is -0.870 e. The van der Waals surface area contributed by atoms with E-state index in [9.17, 15) is 0 Å². The Morgan fingerprint density at radius 2 is 0.509 bits per heavy atom. The molecule has 8 bridgehead atoms. The van der Waals surface area contributed by atoms with Gasteiger partial charge < -0.3 is 20.9 Å². The fourth-order valence-electron chi connectivity index (χ4n) is 6.74. The number of hydrogen-bond donors (Lipinski definition) is 0. The summed E-state index contributed by atoms with van der Waals surface area (Å²) in [6.07, 6.45) is 8.13. The molecule has 3 aromatic heterocycles. The van der Waals surface area contributed by atoms with Crippen LogP contribution in [-0.2, 0) is 0 Å². The van der Waals surface area contributed by atoms with Gasteiger partial charge >= 0.3 is 0 Å². The average molecular weight is 857 g/mol. The van der Waals surface area contributed by atoms with Gasteiger partial charge in [0, 0.05) is 37.7 Å². The maximum atomic E-state index is 6.36. The maximum Gasteiger partial charge on any atom is 0.0704 e. The first-order chi connectivity index (χ1) is 25.4. The maximum absolute atomic E-state index is 6.36. The largest absolute Gasteiger partial charge is 0.870 e. The van der Waals surface area contributed by atoms with E-state index < -0.39 is 0 Å². The Hall–Kier alpha value is -4.90. The van der Waals surface area contributed by atoms with Gasteiger partial charge in [0.2, 0.25) is 0 Å². The van der Waals surface area contributed by atoms with Crippen LogP contribution in [0.3, 0.4) is 0 Å². The van der Waals surface area contributed by atoms with Crippen molar-refractivity contribution in [2.75, 3.05) is 0 Å². The zero-order chi connectivity index (χ0) is 35.3. The Morgan fingerprint density at radius 3 is 0.709 bits per heavy atom. The topological polar surface area (TPSA) is 114 Å². The van der Waals surface area contributed by atoms with Crippen LogP contribution in [0.4, 0.5) is 0 Å². The predicted molar refractivity (Wildman–Crippen MR) is 228 cm³/mol. The van der Waals surface area contributed by atoms with Crippen molar-refractivity contribution in [2.45, 2.75) is 0 Å². The van der Waals surface area contributed by atoms with Crippen LogP contribution in [0.2, 0.25) is 20.1 Å². The molecule has 2 aliphatic heterocycles. The number of fused-ring (bicyclic) bond motifs is 8. The van der Waals surface area contributed by atoms with Crippen molar-refractivity contribution in [1.82, 2.24) is 19.9 Å². The summed E-state index contributed by atoms with van der Waals surface area (Å²) in [5.41, 5.74) is 13.4. The molecule has 0 fully saturated rings. The fourth-order valence-corrected chi connectivity index (χ4v) is 7.24. The van der Waals surface area contributed by atoms with Gasteiger partial charge in [0.15, 0.2) is 0 Å². The minimum absolute atomic E-state index is 0. The molecule has 4 aromatic carbocycles. The summed E-state index contributed by atoms with van der Waals surface area (Å²) in [7, 11) is 0. The molecule has 0 saturated heterocycles. The number of halogens is 4. The second kappa shape index (κ2) is 16.5. The van der Waals surface area contributed by atoms with Gasteiger partial charge in [-0.15, -0.1) is 22.1 Å². The molecule has 0 atom stereocenters. The van der Waals surface area contributed by atoms with Gasteiger partial charge in [-0.25, -0.2) is 9.97 Å². The molecule has 0 amide bonds. The number of aromatic nitrogens is 4. The van der Waals surface area contributed by atoms with Crippen molar-refractivity contribution in [3.63, 3.8) is 0 Å². The molecule has 0 unspecified atom stereocenters. The normalized spacial score (nSPS) is 11.4. The molecule has 6 nitrogen and oxygen atoms in total. The molecule has 270 valence electrons. The monoisotopic (exact) mass is 856 g/mol. The molecule has 5 heterocycles.